The first-order valence-corrected chi connectivity index (χ1v) is 13.9. The van der Waals surface area contributed by atoms with Crippen LogP contribution in [0, 0.1) is 5.92 Å². The number of piperidine rings is 1. The predicted octanol–water partition coefficient (Wildman–Crippen LogP) is 5.12. The van der Waals surface area contributed by atoms with Crippen molar-refractivity contribution in [2.45, 2.75) is 57.1 Å². The van der Waals surface area contributed by atoms with Crippen molar-refractivity contribution in [3.8, 4) is 5.75 Å². The topological polar surface area (TPSA) is 84.9 Å². The van der Waals surface area contributed by atoms with Crippen molar-refractivity contribution in [2.75, 3.05) is 19.6 Å². The van der Waals surface area contributed by atoms with Crippen LogP contribution in [0.15, 0.2) is 55.1 Å². The minimum Gasteiger partial charge on any atom is -0.462 e. The third-order valence-corrected chi connectivity index (χ3v) is 8.44. The summed E-state index contributed by atoms with van der Waals surface area (Å²) in [4.78, 5) is 39.4. The number of hydrogen-bond acceptors (Lipinski definition) is 6. The zero-order valence-corrected chi connectivity index (χ0v) is 23.8. The SMILES string of the molecule is C=CCN1CCC2(c3cccc(OC(C)=O)c3)C[C@@H](NC(=O)Cc3ccc(Cl)c(Cl)c3)CC(OC(C)=O)C2C1. The van der Waals surface area contributed by atoms with Crippen molar-refractivity contribution in [1.82, 2.24) is 10.2 Å². The molecular formula is C30H34Cl2N2O5. The minimum atomic E-state index is -0.409. The zero-order chi connectivity index (χ0) is 28.2. The van der Waals surface area contributed by atoms with Crippen molar-refractivity contribution in [3.63, 3.8) is 0 Å². The van der Waals surface area contributed by atoms with Gasteiger partial charge in [-0.2, -0.15) is 0 Å². The van der Waals surface area contributed by atoms with Crippen LogP contribution in [0.2, 0.25) is 10.0 Å². The summed E-state index contributed by atoms with van der Waals surface area (Å²) in [6.07, 6.45) is 3.57. The molecule has 0 radical (unpaired) electrons. The second kappa shape index (κ2) is 12.5. The Morgan fingerprint density at radius 2 is 1.92 bits per heavy atom. The van der Waals surface area contributed by atoms with E-state index in [1.165, 1.54) is 13.8 Å². The number of nitrogens with one attached hydrogen (secondary N) is 1. The van der Waals surface area contributed by atoms with Crippen LogP contribution in [-0.4, -0.2) is 54.5 Å². The van der Waals surface area contributed by atoms with Gasteiger partial charge < -0.3 is 14.8 Å². The van der Waals surface area contributed by atoms with Crippen LogP contribution in [0.5, 0.6) is 5.75 Å². The van der Waals surface area contributed by atoms with Crippen molar-refractivity contribution < 1.29 is 23.9 Å². The first-order chi connectivity index (χ1) is 18.6. The Morgan fingerprint density at radius 1 is 1.13 bits per heavy atom. The number of esters is 2. The second-order valence-corrected chi connectivity index (χ2v) is 11.3. The average molecular weight is 574 g/mol. The lowest BCUT2D eigenvalue weighted by atomic mass is 9.57. The summed E-state index contributed by atoms with van der Waals surface area (Å²) in [6, 6.07) is 12.5. The zero-order valence-electron chi connectivity index (χ0n) is 22.3. The van der Waals surface area contributed by atoms with Gasteiger partial charge in [0, 0.05) is 50.7 Å². The van der Waals surface area contributed by atoms with Gasteiger partial charge in [-0.05, 0) is 54.8 Å². The van der Waals surface area contributed by atoms with Crippen molar-refractivity contribution in [3.05, 3.63) is 76.3 Å². The van der Waals surface area contributed by atoms with Gasteiger partial charge in [0.15, 0.2) is 0 Å². The van der Waals surface area contributed by atoms with E-state index in [1.807, 2.05) is 24.3 Å². The normalized spacial score (nSPS) is 24.8. The molecule has 2 aromatic carbocycles. The van der Waals surface area contributed by atoms with Gasteiger partial charge in [0.1, 0.15) is 11.9 Å². The molecule has 1 aliphatic heterocycles. The Bertz CT molecular complexity index is 1250. The molecule has 1 N–H and O–H groups in total. The maximum absolute atomic E-state index is 13.1. The summed E-state index contributed by atoms with van der Waals surface area (Å²) in [5.41, 5.74) is 1.35. The van der Waals surface area contributed by atoms with Crippen molar-refractivity contribution in [1.29, 1.82) is 0 Å². The van der Waals surface area contributed by atoms with Gasteiger partial charge >= 0.3 is 11.9 Å². The van der Waals surface area contributed by atoms with Gasteiger partial charge in [-0.15, -0.1) is 6.58 Å². The number of hydrogen-bond donors (Lipinski definition) is 1. The summed E-state index contributed by atoms with van der Waals surface area (Å²) >= 11 is 12.2. The van der Waals surface area contributed by atoms with Crippen LogP contribution in [0.1, 0.15) is 44.2 Å². The number of likely N-dealkylation sites (tertiary alicyclic amines) is 1. The number of carbonyl (C=O) groups is 3. The molecule has 1 amide bonds. The molecule has 1 aliphatic carbocycles. The van der Waals surface area contributed by atoms with E-state index in [0.717, 1.165) is 30.6 Å². The fourth-order valence-corrected chi connectivity index (χ4v) is 6.53. The molecule has 39 heavy (non-hydrogen) atoms. The number of amides is 1. The molecule has 9 heteroatoms. The van der Waals surface area contributed by atoms with E-state index < -0.39 is 17.5 Å². The van der Waals surface area contributed by atoms with E-state index in [4.69, 9.17) is 32.7 Å². The molecule has 0 aromatic heterocycles. The summed E-state index contributed by atoms with van der Waals surface area (Å²) in [5.74, 6) is -0.448. The van der Waals surface area contributed by atoms with Crippen LogP contribution >= 0.6 is 23.2 Å². The Hall–Kier alpha value is -2.87. The summed E-state index contributed by atoms with van der Waals surface area (Å²) in [7, 11) is 0. The highest BCUT2D eigenvalue weighted by Gasteiger charge is 2.53. The highest BCUT2D eigenvalue weighted by atomic mass is 35.5. The van der Waals surface area contributed by atoms with E-state index in [9.17, 15) is 14.4 Å². The molecule has 2 aromatic rings. The molecule has 1 saturated heterocycles. The van der Waals surface area contributed by atoms with E-state index in [1.54, 1.807) is 24.3 Å². The predicted molar refractivity (Wildman–Crippen MR) is 151 cm³/mol. The summed E-state index contributed by atoms with van der Waals surface area (Å²) in [5, 5.41) is 4.03. The average Bonchev–Trinajstić information content (AvgIpc) is 2.86. The van der Waals surface area contributed by atoms with Crippen molar-refractivity contribution in [2.24, 2.45) is 5.92 Å². The molecule has 4 atom stereocenters. The fraction of sp³-hybridized carbons (Fsp3) is 0.433. The molecule has 2 fully saturated rings. The van der Waals surface area contributed by atoms with Gasteiger partial charge in [0.25, 0.3) is 0 Å². The Kier molecular flexibility index (Phi) is 9.36. The second-order valence-electron chi connectivity index (χ2n) is 10.5. The van der Waals surface area contributed by atoms with Crippen LogP contribution < -0.4 is 10.1 Å². The maximum atomic E-state index is 13.1. The van der Waals surface area contributed by atoms with Gasteiger partial charge in [0.05, 0.1) is 16.5 Å². The van der Waals surface area contributed by atoms with E-state index in [0.29, 0.717) is 35.2 Å². The standard InChI is InChI=1S/C30H34Cl2N2O5/c1-4-11-34-12-10-30(22-6-5-7-24(15-22)38-19(2)35)17-23(16-28(25(30)18-34)39-20(3)36)33-29(37)14-21-8-9-26(31)27(32)13-21/h4-9,13,15,23,25,28H,1,10-12,14,16-18H2,2-3H3,(H,33,37)/t23-,25?,28?,30?/m0/s1. The van der Waals surface area contributed by atoms with Crippen LogP contribution in [0.25, 0.3) is 0 Å². The molecule has 208 valence electrons. The number of benzene rings is 2. The quantitative estimate of drug-likeness (QED) is 0.268. The molecule has 0 spiro atoms. The number of rotatable bonds is 8. The Labute approximate surface area is 239 Å². The molecule has 1 heterocycles. The monoisotopic (exact) mass is 572 g/mol. The number of nitrogens with zero attached hydrogens (tertiary/aromatic N) is 1. The van der Waals surface area contributed by atoms with Crippen molar-refractivity contribution >= 4 is 41.0 Å². The molecule has 0 bridgehead atoms. The van der Waals surface area contributed by atoms with Gasteiger partial charge in [-0.1, -0.05) is 47.5 Å². The first-order valence-electron chi connectivity index (χ1n) is 13.1. The highest BCUT2D eigenvalue weighted by molar-refractivity contribution is 6.42. The smallest absolute Gasteiger partial charge is 0.308 e. The molecule has 7 nitrogen and oxygen atoms in total. The van der Waals surface area contributed by atoms with Gasteiger partial charge in [0.2, 0.25) is 5.91 Å². The third kappa shape index (κ3) is 7.02. The Balaban J connectivity index is 1.66. The van der Waals surface area contributed by atoms with Gasteiger partial charge in [-0.3, -0.25) is 19.3 Å². The summed E-state index contributed by atoms with van der Waals surface area (Å²) in [6.45, 7) is 8.94. The lowest BCUT2D eigenvalue weighted by molar-refractivity contribution is -0.157. The molecular weight excluding hydrogens is 539 g/mol. The Morgan fingerprint density at radius 3 is 2.62 bits per heavy atom. The lowest BCUT2D eigenvalue weighted by Crippen LogP contribution is -2.61. The number of fused-ring (bicyclic) bond motifs is 1. The van der Waals surface area contributed by atoms with Crippen LogP contribution in [0.3, 0.4) is 0 Å². The third-order valence-electron chi connectivity index (χ3n) is 7.70. The largest absolute Gasteiger partial charge is 0.462 e. The number of carbonyl (C=O) groups excluding carboxylic acids is 3. The fourth-order valence-electron chi connectivity index (χ4n) is 6.21. The molecule has 1 saturated carbocycles. The minimum absolute atomic E-state index is 0.0223. The molecule has 2 aliphatic rings. The lowest BCUT2D eigenvalue weighted by Gasteiger charge is -2.55. The first kappa shape index (κ1) is 29.1. The van der Waals surface area contributed by atoms with Crippen LogP contribution in [-0.2, 0) is 31.0 Å². The molecule has 4 rings (SSSR count). The molecule has 3 unspecified atom stereocenters. The number of ether oxygens (including phenoxy) is 2. The van der Waals surface area contributed by atoms with Crippen LogP contribution in [0.4, 0.5) is 0 Å². The van der Waals surface area contributed by atoms with E-state index in [2.05, 4.69) is 16.8 Å². The number of halogens is 2. The van der Waals surface area contributed by atoms with Gasteiger partial charge in [-0.25, -0.2) is 0 Å². The van der Waals surface area contributed by atoms with E-state index in [-0.39, 0.29) is 30.3 Å². The maximum Gasteiger partial charge on any atom is 0.308 e. The summed E-state index contributed by atoms with van der Waals surface area (Å²) < 4.78 is 11.3. The highest BCUT2D eigenvalue weighted by Crippen LogP contribution is 2.50. The van der Waals surface area contributed by atoms with E-state index >= 15 is 0 Å².